The summed E-state index contributed by atoms with van der Waals surface area (Å²) in [5.41, 5.74) is 14.7. The minimum atomic E-state index is -0.587. The molecule has 3 heterocycles. The molecule has 0 spiro atoms. The van der Waals surface area contributed by atoms with Gasteiger partial charge in [-0.15, -0.1) is 0 Å². The van der Waals surface area contributed by atoms with Gasteiger partial charge in [0, 0.05) is 54.8 Å². The second kappa shape index (κ2) is 8.99. The minimum absolute atomic E-state index is 0.0104. The zero-order valence-corrected chi connectivity index (χ0v) is 17.6. The SMILES string of the molecule is Nc1ccc(-c2cccc(Cl)c2F)nc1C(=O)Cc1cnccc1N1CCC[C@H](N)C1. The summed E-state index contributed by atoms with van der Waals surface area (Å²) in [5.74, 6) is -0.854. The van der Waals surface area contributed by atoms with Crippen molar-refractivity contribution in [2.75, 3.05) is 23.7 Å². The van der Waals surface area contributed by atoms with Gasteiger partial charge in [0.05, 0.1) is 16.4 Å². The van der Waals surface area contributed by atoms with E-state index in [0.29, 0.717) is 5.69 Å². The first-order valence-corrected chi connectivity index (χ1v) is 10.5. The van der Waals surface area contributed by atoms with Crippen molar-refractivity contribution in [3.05, 3.63) is 70.9 Å². The Labute approximate surface area is 185 Å². The number of nitrogens with two attached hydrogens (primary N) is 2. The third-order valence-electron chi connectivity index (χ3n) is 5.45. The van der Waals surface area contributed by atoms with Gasteiger partial charge < -0.3 is 16.4 Å². The van der Waals surface area contributed by atoms with Crippen molar-refractivity contribution >= 4 is 28.8 Å². The normalized spacial score (nSPS) is 16.4. The summed E-state index contributed by atoms with van der Waals surface area (Å²) in [7, 11) is 0. The summed E-state index contributed by atoms with van der Waals surface area (Å²) in [6.07, 6.45) is 5.46. The number of Topliss-reactive ketones (excluding diaryl/α,β-unsaturated/α-hetero) is 1. The molecule has 31 heavy (non-hydrogen) atoms. The number of rotatable bonds is 5. The zero-order chi connectivity index (χ0) is 22.0. The lowest BCUT2D eigenvalue weighted by Crippen LogP contribution is -2.43. The minimum Gasteiger partial charge on any atom is -0.397 e. The Morgan fingerprint density at radius 3 is 2.90 bits per heavy atom. The van der Waals surface area contributed by atoms with Crippen molar-refractivity contribution in [3.63, 3.8) is 0 Å². The van der Waals surface area contributed by atoms with Crippen LogP contribution in [0.4, 0.5) is 15.8 Å². The van der Waals surface area contributed by atoms with Crippen LogP contribution < -0.4 is 16.4 Å². The standard InChI is InChI=1S/C23H23ClFN5O/c24-17-5-1-4-16(22(17)25)19-7-6-18(27)23(29-19)21(31)11-14-12-28-9-8-20(14)30-10-2-3-15(26)13-30/h1,4-9,12,15H,2-3,10-11,13,26-27H2/t15-/m0/s1. The van der Waals surface area contributed by atoms with Gasteiger partial charge in [0.1, 0.15) is 5.69 Å². The highest BCUT2D eigenvalue weighted by Gasteiger charge is 2.22. The van der Waals surface area contributed by atoms with Crippen LogP contribution in [0.3, 0.4) is 0 Å². The lowest BCUT2D eigenvalue weighted by Gasteiger charge is -2.33. The lowest BCUT2D eigenvalue weighted by molar-refractivity contribution is 0.0989. The van der Waals surface area contributed by atoms with Crippen LogP contribution in [-0.4, -0.2) is 34.9 Å². The summed E-state index contributed by atoms with van der Waals surface area (Å²) < 4.78 is 14.4. The molecule has 3 aromatic rings. The Kier molecular flexibility index (Phi) is 6.15. The van der Waals surface area contributed by atoms with Gasteiger partial charge in [0.15, 0.2) is 11.6 Å². The third kappa shape index (κ3) is 4.52. The van der Waals surface area contributed by atoms with Gasteiger partial charge >= 0.3 is 0 Å². The van der Waals surface area contributed by atoms with Gasteiger partial charge in [-0.05, 0) is 43.2 Å². The number of carbonyl (C=O) groups is 1. The van der Waals surface area contributed by atoms with E-state index >= 15 is 0 Å². The smallest absolute Gasteiger partial charge is 0.187 e. The van der Waals surface area contributed by atoms with E-state index in [2.05, 4.69) is 14.9 Å². The van der Waals surface area contributed by atoms with Gasteiger partial charge in [-0.2, -0.15) is 0 Å². The molecule has 1 fully saturated rings. The van der Waals surface area contributed by atoms with Crippen LogP contribution in [0.1, 0.15) is 28.9 Å². The molecule has 1 atom stereocenters. The number of carbonyl (C=O) groups excluding carboxylic acids is 1. The molecule has 4 N–H and O–H groups in total. The van der Waals surface area contributed by atoms with Crippen LogP contribution in [0.5, 0.6) is 0 Å². The molecule has 6 nitrogen and oxygen atoms in total. The van der Waals surface area contributed by atoms with Crippen LogP contribution >= 0.6 is 11.6 Å². The number of aromatic nitrogens is 2. The highest BCUT2D eigenvalue weighted by molar-refractivity contribution is 6.31. The van der Waals surface area contributed by atoms with Gasteiger partial charge in [0.2, 0.25) is 0 Å². The molecular formula is C23H23ClFN5O. The van der Waals surface area contributed by atoms with Gasteiger partial charge in [0.25, 0.3) is 0 Å². The summed E-state index contributed by atoms with van der Waals surface area (Å²) in [4.78, 5) is 23.9. The highest BCUT2D eigenvalue weighted by Crippen LogP contribution is 2.29. The van der Waals surface area contributed by atoms with Crippen LogP contribution in [0.2, 0.25) is 5.02 Å². The molecule has 160 valence electrons. The van der Waals surface area contributed by atoms with Gasteiger partial charge in [-0.25, -0.2) is 9.37 Å². The maximum atomic E-state index is 14.4. The Morgan fingerprint density at radius 1 is 1.26 bits per heavy atom. The summed E-state index contributed by atoms with van der Waals surface area (Å²) in [5, 5.41) is -0.0104. The van der Waals surface area contributed by atoms with Crippen molar-refractivity contribution in [3.8, 4) is 11.3 Å². The Hall–Kier alpha value is -3.03. The molecular weight excluding hydrogens is 417 g/mol. The Balaban J connectivity index is 1.64. The first-order valence-electron chi connectivity index (χ1n) is 10.1. The zero-order valence-electron chi connectivity index (χ0n) is 16.9. The average Bonchev–Trinajstić information content (AvgIpc) is 2.76. The van der Waals surface area contributed by atoms with Gasteiger partial charge in [-0.1, -0.05) is 17.7 Å². The van der Waals surface area contributed by atoms with E-state index in [1.165, 1.54) is 6.07 Å². The molecule has 0 radical (unpaired) electrons. The third-order valence-corrected chi connectivity index (χ3v) is 5.74. The first kappa shape index (κ1) is 21.2. The second-order valence-electron chi connectivity index (χ2n) is 7.69. The molecule has 1 saturated heterocycles. The van der Waals surface area contributed by atoms with E-state index in [9.17, 15) is 9.18 Å². The molecule has 8 heteroatoms. The fourth-order valence-corrected chi connectivity index (χ4v) is 4.07. The molecule has 0 unspecified atom stereocenters. The predicted molar refractivity (Wildman–Crippen MR) is 121 cm³/mol. The molecule has 0 aliphatic carbocycles. The molecule has 1 aliphatic rings. The highest BCUT2D eigenvalue weighted by atomic mass is 35.5. The number of nitrogen functional groups attached to an aromatic ring is 1. The van der Waals surface area contributed by atoms with Crippen molar-refractivity contribution in [2.45, 2.75) is 25.3 Å². The second-order valence-corrected chi connectivity index (χ2v) is 8.10. The fourth-order valence-electron chi connectivity index (χ4n) is 3.89. The first-order chi connectivity index (χ1) is 14.9. The lowest BCUT2D eigenvalue weighted by atomic mass is 10.0. The van der Waals surface area contributed by atoms with Crippen molar-refractivity contribution in [1.82, 2.24) is 9.97 Å². The largest absolute Gasteiger partial charge is 0.397 e. The number of ketones is 1. The maximum absolute atomic E-state index is 14.4. The number of halogens is 2. The molecule has 4 rings (SSSR count). The van der Waals surface area contributed by atoms with Crippen molar-refractivity contribution in [1.29, 1.82) is 0 Å². The molecule has 0 amide bonds. The average molecular weight is 440 g/mol. The Morgan fingerprint density at radius 2 is 2.10 bits per heavy atom. The number of anilines is 2. The van der Waals surface area contributed by atoms with Gasteiger partial charge in [-0.3, -0.25) is 9.78 Å². The Bertz CT molecular complexity index is 1120. The van der Waals surface area contributed by atoms with E-state index < -0.39 is 5.82 Å². The molecule has 1 aromatic carbocycles. The van der Waals surface area contributed by atoms with Crippen LogP contribution in [0.15, 0.2) is 48.8 Å². The number of piperidine rings is 1. The number of hydrogen-bond acceptors (Lipinski definition) is 6. The quantitative estimate of drug-likeness (QED) is 0.585. The van der Waals surface area contributed by atoms with E-state index in [0.717, 1.165) is 37.2 Å². The molecule has 0 bridgehead atoms. The summed E-state index contributed by atoms with van der Waals surface area (Å²) >= 11 is 5.89. The van der Waals surface area contributed by atoms with Crippen LogP contribution in [0, 0.1) is 5.82 Å². The van der Waals surface area contributed by atoms with E-state index in [-0.39, 0.29) is 40.2 Å². The number of nitrogens with zero attached hydrogens (tertiary/aromatic N) is 3. The van der Waals surface area contributed by atoms with E-state index in [1.807, 2.05) is 6.07 Å². The molecule has 1 aliphatic heterocycles. The number of pyridine rings is 2. The number of benzene rings is 1. The molecule has 0 saturated carbocycles. The van der Waals surface area contributed by atoms with E-state index in [1.54, 1.807) is 36.7 Å². The summed E-state index contributed by atoms with van der Waals surface area (Å²) in [6, 6.07) is 9.79. The van der Waals surface area contributed by atoms with Crippen molar-refractivity contribution < 1.29 is 9.18 Å². The summed E-state index contributed by atoms with van der Waals surface area (Å²) in [6.45, 7) is 1.61. The monoisotopic (exact) mass is 439 g/mol. The van der Waals surface area contributed by atoms with Crippen LogP contribution in [0.25, 0.3) is 11.3 Å². The number of hydrogen-bond donors (Lipinski definition) is 2. The predicted octanol–water partition coefficient (Wildman–Crippen LogP) is 3.87. The van der Waals surface area contributed by atoms with Crippen molar-refractivity contribution in [2.24, 2.45) is 5.73 Å². The fraction of sp³-hybridized carbons (Fsp3) is 0.261. The van der Waals surface area contributed by atoms with E-state index in [4.69, 9.17) is 23.1 Å². The molecule has 2 aromatic heterocycles. The topological polar surface area (TPSA) is 98.1 Å². The van der Waals surface area contributed by atoms with Crippen LogP contribution in [-0.2, 0) is 6.42 Å². The maximum Gasteiger partial charge on any atom is 0.187 e.